The zero-order valence-electron chi connectivity index (χ0n) is 17.3. The Morgan fingerprint density at radius 1 is 1.22 bits per heavy atom. The fourth-order valence-electron chi connectivity index (χ4n) is 3.21. The first-order valence-electron chi connectivity index (χ1n) is 9.94. The molecule has 1 amide bonds. The number of aromatic nitrogens is 5. The van der Waals surface area contributed by atoms with Crippen molar-refractivity contribution in [3.05, 3.63) is 83.4 Å². The normalized spacial score (nSPS) is 10.8. The van der Waals surface area contributed by atoms with E-state index in [2.05, 4.69) is 30.9 Å². The van der Waals surface area contributed by atoms with E-state index < -0.39 is 11.7 Å². The molecule has 0 spiro atoms. The molecule has 3 heterocycles. The van der Waals surface area contributed by atoms with E-state index in [1.165, 1.54) is 18.3 Å². The van der Waals surface area contributed by atoms with Gasteiger partial charge in [-0.05, 0) is 36.2 Å². The van der Waals surface area contributed by atoms with E-state index in [-0.39, 0.29) is 29.4 Å². The Kier molecular flexibility index (Phi) is 6.20. The Balaban J connectivity index is 1.58. The summed E-state index contributed by atoms with van der Waals surface area (Å²) in [4.78, 5) is 17.2. The van der Waals surface area contributed by atoms with Crippen LogP contribution in [0.1, 0.15) is 21.6 Å². The van der Waals surface area contributed by atoms with Gasteiger partial charge >= 0.3 is 0 Å². The summed E-state index contributed by atoms with van der Waals surface area (Å²) in [5.41, 5.74) is 2.13. The van der Waals surface area contributed by atoms with Gasteiger partial charge in [-0.3, -0.25) is 14.6 Å². The Labute approximate surface area is 182 Å². The smallest absolute Gasteiger partial charge is 0.255 e. The molecule has 1 aromatic carbocycles. The van der Waals surface area contributed by atoms with Crippen LogP contribution >= 0.6 is 0 Å². The lowest BCUT2D eigenvalue weighted by molar-refractivity contribution is 0.0950. The molecule has 0 fully saturated rings. The molecule has 8 nitrogen and oxygen atoms in total. The van der Waals surface area contributed by atoms with Crippen molar-refractivity contribution in [3.8, 4) is 11.3 Å². The number of benzene rings is 1. The molecule has 3 aromatic heterocycles. The number of aryl methyl sites for hydroxylation is 1. The predicted octanol–water partition coefficient (Wildman–Crippen LogP) is 3.07. The molecule has 0 aliphatic rings. The Morgan fingerprint density at radius 3 is 2.81 bits per heavy atom. The number of aromatic amines is 1. The van der Waals surface area contributed by atoms with Crippen LogP contribution in [0.15, 0.2) is 55.0 Å². The van der Waals surface area contributed by atoms with Crippen molar-refractivity contribution in [1.82, 2.24) is 30.3 Å². The molecular weight excluding hydrogens is 416 g/mol. The zero-order chi connectivity index (χ0) is 22.5. The number of carbonyl (C=O) groups is 1. The topological polar surface area (TPSA) is 101 Å². The second-order valence-electron chi connectivity index (χ2n) is 7.19. The van der Waals surface area contributed by atoms with Gasteiger partial charge in [-0.2, -0.15) is 10.2 Å². The monoisotopic (exact) mass is 437 g/mol. The second kappa shape index (κ2) is 9.38. The maximum atomic E-state index is 14.9. The minimum atomic E-state index is -0.639. The number of hydrogen-bond acceptors (Lipinski definition) is 5. The van der Waals surface area contributed by atoms with Crippen LogP contribution in [-0.2, 0) is 20.0 Å². The SMILES string of the molecule is Cn1cc(-c2nc(NCCc3cccc(F)c3)c(C(=O)NCc3ccn[nH]3)cc2F)cn1. The molecule has 4 rings (SSSR count). The number of nitrogens with zero attached hydrogens (tertiary/aromatic N) is 4. The van der Waals surface area contributed by atoms with Gasteiger partial charge in [0.05, 0.1) is 24.0 Å². The van der Waals surface area contributed by atoms with Crippen LogP contribution in [0.4, 0.5) is 14.6 Å². The number of rotatable bonds is 8. The first-order valence-corrected chi connectivity index (χ1v) is 9.94. The van der Waals surface area contributed by atoms with E-state index in [0.717, 1.165) is 11.6 Å². The van der Waals surface area contributed by atoms with Crippen molar-refractivity contribution in [2.75, 3.05) is 11.9 Å². The fraction of sp³-hybridized carbons (Fsp3) is 0.182. The number of H-pyrrole nitrogens is 1. The van der Waals surface area contributed by atoms with Crippen molar-refractivity contribution in [3.63, 3.8) is 0 Å². The summed E-state index contributed by atoms with van der Waals surface area (Å²) in [5, 5.41) is 16.5. The number of halogens is 2. The van der Waals surface area contributed by atoms with Crippen molar-refractivity contribution >= 4 is 11.7 Å². The summed E-state index contributed by atoms with van der Waals surface area (Å²) >= 11 is 0. The highest BCUT2D eigenvalue weighted by molar-refractivity contribution is 5.99. The van der Waals surface area contributed by atoms with Crippen molar-refractivity contribution in [2.45, 2.75) is 13.0 Å². The first-order chi connectivity index (χ1) is 15.5. The van der Waals surface area contributed by atoms with Gasteiger partial charge in [0.25, 0.3) is 5.91 Å². The molecule has 0 bridgehead atoms. The summed E-state index contributed by atoms with van der Waals surface area (Å²) in [6, 6.07) is 9.14. The van der Waals surface area contributed by atoms with Gasteiger partial charge in [0.15, 0.2) is 5.82 Å². The maximum absolute atomic E-state index is 14.9. The van der Waals surface area contributed by atoms with Crippen LogP contribution in [0.2, 0.25) is 0 Å². The molecule has 0 aliphatic heterocycles. The van der Waals surface area contributed by atoms with Crippen LogP contribution in [0, 0.1) is 11.6 Å². The molecule has 10 heteroatoms. The van der Waals surface area contributed by atoms with E-state index in [9.17, 15) is 13.6 Å². The van der Waals surface area contributed by atoms with Gasteiger partial charge in [0.1, 0.15) is 17.3 Å². The van der Waals surface area contributed by atoms with E-state index in [0.29, 0.717) is 24.2 Å². The van der Waals surface area contributed by atoms with E-state index in [1.54, 1.807) is 36.3 Å². The molecule has 0 saturated carbocycles. The maximum Gasteiger partial charge on any atom is 0.255 e. The molecule has 32 heavy (non-hydrogen) atoms. The molecule has 0 unspecified atom stereocenters. The summed E-state index contributed by atoms with van der Waals surface area (Å²) in [6.45, 7) is 0.572. The highest BCUT2D eigenvalue weighted by atomic mass is 19.1. The molecule has 0 saturated heterocycles. The fourth-order valence-corrected chi connectivity index (χ4v) is 3.21. The Morgan fingerprint density at radius 2 is 2.09 bits per heavy atom. The number of carbonyl (C=O) groups excluding carboxylic acids is 1. The Bertz CT molecular complexity index is 1220. The Hall–Kier alpha value is -4.08. The quantitative estimate of drug-likeness (QED) is 0.393. The second-order valence-corrected chi connectivity index (χ2v) is 7.19. The molecule has 4 aromatic rings. The summed E-state index contributed by atoms with van der Waals surface area (Å²) in [6.07, 6.45) is 5.21. The first kappa shape index (κ1) is 21.2. The predicted molar refractivity (Wildman–Crippen MR) is 115 cm³/mol. The molecule has 0 atom stereocenters. The van der Waals surface area contributed by atoms with Gasteiger partial charge in [-0.15, -0.1) is 0 Å². The average Bonchev–Trinajstić information content (AvgIpc) is 3.44. The van der Waals surface area contributed by atoms with Gasteiger partial charge in [0, 0.05) is 31.5 Å². The molecule has 0 aliphatic carbocycles. The molecule has 164 valence electrons. The third-order valence-electron chi connectivity index (χ3n) is 4.79. The zero-order valence-corrected chi connectivity index (χ0v) is 17.3. The number of nitrogens with one attached hydrogen (secondary N) is 3. The number of pyridine rings is 1. The number of amides is 1. The van der Waals surface area contributed by atoms with Crippen LogP contribution in [-0.4, -0.2) is 37.4 Å². The van der Waals surface area contributed by atoms with Crippen molar-refractivity contribution < 1.29 is 13.6 Å². The number of anilines is 1. The third kappa shape index (κ3) is 4.97. The van der Waals surface area contributed by atoms with Crippen molar-refractivity contribution in [2.24, 2.45) is 7.05 Å². The van der Waals surface area contributed by atoms with E-state index in [4.69, 9.17) is 0 Å². The van der Waals surface area contributed by atoms with E-state index in [1.807, 2.05) is 6.07 Å². The van der Waals surface area contributed by atoms with Gasteiger partial charge in [-0.25, -0.2) is 13.8 Å². The molecular formula is C22H21F2N7O. The largest absolute Gasteiger partial charge is 0.369 e. The number of hydrogen-bond donors (Lipinski definition) is 3. The van der Waals surface area contributed by atoms with Crippen LogP contribution in [0.25, 0.3) is 11.3 Å². The lowest BCUT2D eigenvalue weighted by Crippen LogP contribution is -2.25. The lowest BCUT2D eigenvalue weighted by Gasteiger charge is -2.13. The highest BCUT2D eigenvalue weighted by Gasteiger charge is 2.19. The van der Waals surface area contributed by atoms with E-state index >= 15 is 0 Å². The summed E-state index contributed by atoms with van der Waals surface area (Å²) in [7, 11) is 1.72. The van der Waals surface area contributed by atoms with Crippen LogP contribution < -0.4 is 10.6 Å². The molecule has 0 radical (unpaired) electrons. The van der Waals surface area contributed by atoms with Crippen LogP contribution in [0.3, 0.4) is 0 Å². The molecule has 3 N–H and O–H groups in total. The average molecular weight is 437 g/mol. The minimum Gasteiger partial charge on any atom is -0.369 e. The van der Waals surface area contributed by atoms with Gasteiger partial charge < -0.3 is 10.6 Å². The van der Waals surface area contributed by atoms with Crippen molar-refractivity contribution in [1.29, 1.82) is 0 Å². The summed E-state index contributed by atoms with van der Waals surface area (Å²) in [5.74, 6) is -1.22. The van der Waals surface area contributed by atoms with Gasteiger partial charge in [0.2, 0.25) is 0 Å². The lowest BCUT2D eigenvalue weighted by atomic mass is 10.1. The highest BCUT2D eigenvalue weighted by Crippen LogP contribution is 2.25. The standard InChI is InChI=1S/C22H21F2N7O/c1-31-13-15(11-28-31)20-19(24)10-18(22(32)26-12-17-6-8-27-30-17)21(29-20)25-7-5-14-3-2-4-16(23)9-14/h2-4,6,8-11,13H,5,7,12H2,1H3,(H,25,29)(H,26,32)(H,27,30). The summed E-state index contributed by atoms with van der Waals surface area (Å²) < 4.78 is 29.8. The minimum absolute atomic E-state index is 0.0638. The van der Waals surface area contributed by atoms with Crippen LogP contribution in [0.5, 0.6) is 0 Å². The van der Waals surface area contributed by atoms with Gasteiger partial charge in [-0.1, -0.05) is 12.1 Å². The third-order valence-corrected chi connectivity index (χ3v) is 4.79.